The van der Waals surface area contributed by atoms with Gasteiger partial charge in [0.05, 0.1) is 13.5 Å². The summed E-state index contributed by atoms with van der Waals surface area (Å²) in [6, 6.07) is 0. The Bertz CT molecular complexity index is 409. The van der Waals surface area contributed by atoms with Crippen LogP contribution in [0.5, 0.6) is 0 Å². The molecule has 0 spiro atoms. The van der Waals surface area contributed by atoms with Gasteiger partial charge in [-0.05, 0) is 37.7 Å². The first-order valence-corrected chi connectivity index (χ1v) is 6.48. The second-order valence-corrected chi connectivity index (χ2v) is 5.66. The number of hydrogen-bond donors (Lipinski definition) is 0. The minimum Gasteiger partial charge on any atom is -0.469 e. The molecule has 0 aromatic carbocycles. The Hall–Kier alpha value is -1.31. The third-order valence-corrected chi connectivity index (χ3v) is 3.56. The molecule has 2 heteroatoms. The highest BCUT2D eigenvalue weighted by Crippen LogP contribution is 2.40. The summed E-state index contributed by atoms with van der Waals surface area (Å²) in [6.07, 6.45) is 9.19. The third-order valence-electron chi connectivity index (χ3n) is 3.56. The van der Waals surface area contributed by atoms with E-state index in [1.165, 1.54) is 24.7 Å². The SMILES string of the molecule is COC(=O)C/C(C)=C\C=C1\C(C)=CCCC1(C)C. The van der Waals surface area contributed by atoms with Gasteiger partial charge >= 0.3 is 5.97 Å². The van der Waals surface area contributed by atoms with Gasteiger partial charge in [-0.15, -0.1) is 0 Å². The highest BCUT2D eigenvalue weighted by atomic mass is 16.5. The van der Waals surface area contributed by atoms with Crippen molar-refractivity contribution in [3.63, 3.8) is 0 Å². The second kappa shape index (κ2) is 6.03. The zero-order chi connectivity index (χ0) is 13.8. The maximum Gasteiger partial charge on any atom is 0.309 e. The smallest absolute Gasteiger partial charge is 0.309 e. The lowest BCUT2D eigenvalue weighted by atomic mass is 9.73. The molecule has 2 nitrogen and oxygen atoms in total. The molecular formula is C16H24O2. The summed E-state index contributed by atoms with van der Waals surface area (Å²) in [4.78, 5) is 11.2. The average Bonchev–Trinajstić information content (AvgIpc) is 2.27. The molecule has 0 aliphatic heterocycles. The Morgan fingerprint density at radius 3 is 2.72 bits per heavy atom. The van der Waals surface area contributed by atoms with Crippen LogP contribution in [0.1, 0.15) is 47.0 Å². The molecule has 0 N–H and O–H groups in total. The predicted octanol–water partition coefficient (Wildman–Crippen LogP) is 4.19. The average molecular weight is 248 g/mol. The maximum atomic E-state index is 11.2. The molecule has 1 aliphatic rings. The van der Waals surface area contributed by atoms with E-state index in [9.17, 15) is 4.79 Å². The molecule has 0 saturated carbocycles. The summed E-state index contributed by atoms with van der Waals surface area (Å²) in [5.74, 6) is -0.183. The third kappa shape index (κ3) is 3.86. The fourth-order valence-corrected chi connectivity index (χ4v) is 2.37. The van der Waals surface area contributed by atoms with Gasteiger partial charge < -0.3 is 4.74 Å². The number of rotatable bonds is 3. The lowest BCUT2D eigenvalue weighted by molar-refractivity contribution is -0.139. The Morgan fingerprint density at radius 1 is 1.50 bits per heavy atom. The summed E-state index contributed by atoms with van der Waals surface area (Å²) < 4.78 is 4.66. The summed E-state index contributed by atoms with van der Waals surface area (Å²) >= 11 is 0. The van der Waals surface area contributed by atoms with E-state index >= 15 is 0 Å². The van der Waals surface area contributed by atoms with Gasteiger partial charge in [0.15, 0.2) is 0 Å². The molecule has 18 heavy (non-hydrogen) atoms. The fourth-order valence-electron chi connectivity index (χ4n) is 2.37. The molecule has 0 amide bonds. The van der Waals surface area contributed by atoms with Crippen LogP contribution in [0.2, 0.25) is 0 Å². The van der Waals surface area contributed by atoms with Crippen LogP contribution < -0.4 is 0 Å². The zero-order valence-electron chi connectivity index (χ0n) is 12.2. The lowest BCUT2D eigenvalue weighted by Gasteiger charge is -2.32. The lowest BCUT2D eigenvalue weighted by Crippen LogP contribution is -2.18. The molecule has 0 aromatic heterocycles. The van der Waals surface area contributed by atoms with Crippen molar-refractivity contribution in [3.8, 4) is 0 Å². The molecule has 0 heterocycles. The van der Waals surface area contributed by atoms with E-state index in [0.29, 0.717) is 6.42 Å². The molecule has 0 unspecified atom stereocenters. The van der Waals surface area contributed by atoms with Crippen molar-refractivity contribution in [3.05, 3.63) is 34.9 Å². The van der Waals surface area contributed by atoms with Gasteiger partial charge in [0.25, 0.3) is 0 Å². The van der Waals surface area contributed by atoms with Crippen LogP contribution in [0.15, 0.2) is 34.9 Å². The standard InChI is InChI=1S/C16H24O2/c1-12(11-15(17)18-5)8-9-14-13(2)7-6-10-16(14,3)4/h7-9H,6,10-11H2,1-5H3/b12-8-,14-9-. The van der Waals surface area contributed by atoms with Gasteiger partial charge in [-0.1, -0.05) is 43.2 Å². The number of carbonyl (C=O) groups is 1. The first-order chi connectivity index (χ1) is 8.36. The van der Waals surface area contributed by atoms with Crippen molar-refractivity contribution in [2.75, 3.05) is 7.11 Å². The van der Waals surface area contributed by atoms with E-state index in [4.69, 9.17) is 0 Å². The fraction of sp³-hybridized carbons (Fsp3) is 0.562. The van der Waals surface area contributed by atoms with Crippen molar-refractivity contribution in [1.29, 1.82) is 0 Å². The van der Waals surface area contributed by atoms with Gasteiger partial charge in [0, 0.05) is 0 Å². The van der Waals surface area contributed by atoms with E-state index in [2.05, 4.69) is 37.7 Å². The maximum absolute atomic E-state index is 11.2. The van der Waals surface area contributed by atoms with Crippen LogP contribution >= 0.6 is 0 Å². The minimum absolute atomic E-state index is 0.183. The number of methoxy groups -OCH3 is 1. The van der Waals surface area contributed by atoms with Crippen LogP contribution in [0.25, 0.3) is 0 Å². The number of ether oxygens (including phenoxy) is 1. The molecule has 0 atom stereocenters. The zero-order valence-corrected chi connectivity index (χ0v) is 12.2. The number of carbonyl (C=O) groups excluding carboxylic acids is 1. The molecule has 0 aromatic rings. The van der Waals surface area contributed by atoms with Crippen molar-refractivity contribution < 1.29 is 9.53 Å². The Balaban J connectivity index is 2.87. The molecule has 1 rings (SSSR count). The summed E-state index contributed by atoms with van der Waals surface area (Å²) in [7, 11) is 1.42. The van der Waals surface area contributed by atoms with Gasteiger partial charge in [0.1, 0.15) is 0 Å². The van der Waals surface area contributed by atoms with Gasteiger partial charge in [0.2, 0.25) is 0 Å². The number of hydrogen-bond acceptors (Lipinski definition) is 2. The Labute approximate surface area is 110 Å². The van der Waals surface area contributed by atoms with Gasteiger partial charge in [-0.2, -0.15) is 0 Å². The van der Waals surface area contributed by atoms with Crippen molar-refractivity contribution in [2.45, 2.75) is 47.0 Å². The number of esters is 1. The van der Waals surface area contributed by atoms with Crippen LogP contribution in [0.4, 0.5) is 0 Å². The second-order valence-electron chi connectivity index (χ2n) is 5.66. The highest BCUT2D eigenvalue weighted by molar-refractivity contribution is 5.72. The Kier molecular flexibility index (Phi) is 4.94. The molecule has 0 fully saturated rings. The summed E-state index contributed by atoms with van der Waals surface area (Å²) in [5.41, 5.74) is 3.98. The van der Waals surface area contributed by atoms with E-state index in [0.717, 1.165) is 12.0 Å². The van der Waals surface area contributed by atoms with E-state index < -0.39 is 0 Å². The van der Waals surface area contributed by atoms with Crippen LogP contribution in [0.3, 0.4) is 0 Å². The molecule has 0 radical (unpaired) electrons. The topological polar surface area (TPSA) is 26.3 Å². The quantitative estimate of drug-likeness (QED) is 0.700. The summed E-state index contributed by atoms with van der Waals surface area (Å²) in [5, 5.41) is 0. The monoisotopic (exact) mass is 248 g/mol. The van der Waals surface area contributed by atoms with Crippen LogP contribution in [-0.2, 0) is 9.53 Å². The van der Waals surface area contributed by atoms with E-state index in [1.54, 1.807) is 0 Å². The number of allylic oxidation sites excluding steroid dienone is 5. The molecular weight excluding hydrogens is 224 g/mol. The van der Waals surface area contributed by atoms with Gasteiger partial charge in [-0.3, -0.25) is 4.79 Å². The minimum atomic E-state index is -0.183. The largest absolute Gasteiger partial charge is 0.469 e. The van der Waals surface area contributed by atoms with Crippen molar-refractivity contribution in [2.24, 2.45) is 5.41 Å². The predicted molar refractivity (Wildman–Crippen MR) is 75.2 cm³/mol. The normalized spacial score (nSPS) is 21.7. The molecule has 0 bridgehead atoms. The first kappa shape index (κ1) is 14.7. The van der Waals surface area contributed by atoms with Gasteiger partial charge in [-0.25, -0.2) is 0 Å². The van der Waals surface area contributed by atoms with E-state index in [1.807, 2.05) is 13.0 Å². The first-order valence-electron chi connectivity index (χ1n) is 6.48. The Morgan fingerprint density at radius 2 is 2.17 bits per heavy atom. The highest BCUT2D eigenvalue weighted by Gasteiger charge is 2.26. The summed E-state index contributed by atoms with van der Waals surface area (Å²) in [6.45, 7) is 8.68. The van der Waals surface area contributed by atoms with Crippen molar-refractivity contribution >= 4 is 5.97 Å². The van der Waals surface area contributed by atoms with E-state index in [-0.39, 0.29) is 11.4 Å². The van der Waals surface area contributed by atoms with Crippen molar-refractivity contribution in [1.82, 2.24) is 0 Å². The van der Waals surface area contributed by atoms with Crippen LogP contribution in [-0.4, -0.2) is 13.1 Å². The van der Waals surface area contributed by atoms with Crippen LogP contribution in [0, 0.1) is 5.41 Å². The molecule has 100 valence electrons. The molecule has 1 aliphatic carbocycles. The molecule has 0 saturated heterocycles.